The Morgan fingerprint density at radius 2 is 2.12 bits per heavy atom. The summed E-state index contributed by atoms with van der Waals surface area (Å²) in [7, 11) is 0. The van der Waals surface area contributed by atoms with Gasteiger partial charge in [-0.15, -0.1) is 0 Å². The second-order valence-electron chi connectivity index (χ2n) is 4.17. The van der Waals surface area contributed by atoms with Crippen molar-refractivity contribution in [3.63, 3.8) is 0 Å². The van der Waals surface area contributed by atoms with E-state index in [2.05, 4.69) is 4.98 Å². The van der Waals surface area contributed by atoms with Crippen molar-refractivity contribution in [2.75, 3.05) is 0 Å². The molecule has 88 valence electrons. The van der Waals surface area contributed by atoms with Crippen LogP contribution in [0.5, 0.6) is 5.88 Å². The Morgan fingerprint density at radius 3 is 2.81 bits per heavy atom. The Morgan fingerprint density at radius 1 is 1.38 bits per heavy atom. The van der Waals surface area contributed by atoms with Crippen LogP contribution in [-0.4, -0.2) is 11.1 Å². The van der Waals surface area contributed by atoms with Crippen LogP contribution in [0.1, 0.15) is 37.7 Å². The number of pyridine rings is 1. The normalized spacial score (nSPS) is 17.4. The van der Waals surface area contributed by atoms with E-state index < -0.39 is 0 Å². The maximum Gasteiger partial charge on any atom is 0.233 e. The van der Waals surface area contributed by atoms with Gasteiger partial charge in [0.1, 0.15) is 11.1 Å². The summed E-state index contributed by atoms with van der Waals surface area (Å²) in [5, 5.41) is 0.565. The van der Waals surface area contributed by atoms with Crippen molar-refractivity contribution < 1.29 is 4.74 Å². The molecule has 0 amide bonds. The summed E-state index contributed by atoms with van der Waals surface area (Å²) < 4.78 is 5.83. The summed E-state index contributed by atoms with van der Waals surface area (Å²) in [4.78, 5) is 4.17. The summed E-state index contributed by atoms with van der Waals surface area (Å²) in [6.07, 6.45) is 7.95. The fourth-order valence-electron chi connectivity index (χ4n) is 2.04. The first-order chi connectivity index (χ1) is 7.81. The van der Waals surface area contributed by atoms with Gasteiger partial charge in [0.25, 0.3) is 0 Å². The van der Waals surface area contributed by atoms with Gasteiger partial charge in [-0.05, 0) is 37.3 Å². The average Bonchev–Trinajstić information content (AvgIpc) is 2.33. The zero-order chi connectivity index (χ0) is 11.4. The Bertz CT molecular complexity index is 351. The molecule has 0 aromatic carbocycles. The minimum Gasteiger partial charge on any atom is -0.473 e. The molecule has 4 heteroatoms. The highest BCUT2D eigenvalue weighted by Gasteiger charge is 2.17. The number of hydrogen-bond acceptors (Lipinski definition) is 3. The van der Waals surface area contributed by atoms with Crippen LogP contribution in [0.4, 0.5) is 0 Å². The van der Waals surface area contributed by atoms with E-state index in [-0.39, 0.29) is 6.10 Å². The standard InChI is InChI=1S/C12H17ClN2O/c13-11-9(8-14)6-7-15-12(11)16-10-4-2-1-3-5-10/h6-7,10H,1-5,8,14H2. The number of halogens is 1. The van der Waals surface area contributed by atoms with E-state index in [1.54, 1.807) is 6.20 Å². The van der Waals surface area contributed by atoms with Gasteiger partial charge in [-0.2, -0.15) is 0 Å². The van der Waals surface area contributed by atoms with Gasteiger partial charge >= 0.3 is 0 Å². The summed E-state index contributed by atoms with van der Waals surface area (Å²) in [6, 6.07) is 1.83. The molecule has 0 saturated heterocycles. The summed E-state index contributed by atoms with van der Waals surface area (Å²) in [5.74, 6) is 0.538. The molecule has 16 heavy (non-hydrogen) atoms. The van der Waals surface area contributed by atoms with E-state index in [0.29, 0.717) is 17.4 Å². The van der Waals surface area contributed by atoms with E-state index in [9.17, 15) is 0 Å². The fourth-order valence-corrected chi connectivity index (χ4v) is 2.28. The molecule has 1 aromatic rings. The number of hydrogen-bond donors (Lipinski definition) is 1. The van der Waals surface area contributed by atoms with Crippen LogP contribution >= 0.6 is 11.6 Å². The van der Waals surface area contributed by atoms with Gasteiger partial charge in [-0.3, -0.25) is 0 Å². The molecule has 2 N–H and O–H groups in total. The first kappa shape index (κ1) is 11.7. The van der Waals surface area contributed by atoms with Crippen molar-refractivity contribution in [1.29, 1.82) is 0 Å². The largest absolute Gasteiger partial charge is 0.473 e. The van der Waals surface area contributed by atoms with Gasteiger partial charge in [0.05, 0.1) is 0 Å². The van der Waals surface area contributed by atoms with Crippen LogP contribution in [0.15, 0.2) is 12.3 Å². The molecule has 0 atom stereocenters. The predicted molar refractivity (Wildman–Crippen MR) is 64.6 cm³/mol. The van der Waals surface area contributed by atoms with Gasteiger partial charge in [0.2, 0.25) is 5.88 Å². The lowest BCUT2D eigenvalue weighted by molar-refractivity contribution is 0.148. The Balaban J connectivity index is 2.08. The number of ether oxygens (including phenoxy) is 1. The molecule has 0 unspecified atom stereocenters. The Labute approximate surface area is 101 Å². The molecule has 1 heterocycles. The third kappa shape index (κ3) is 2.66. The highest BCUT2D eigenvalue weighted by molar-refractivity contribution is 6.32. The second kappa shape index (κ2) is 5.51. The molecule has 1 aliphatic rings. The molecule has 0 bridgehead atoms. The van der Waals surface area contributed by atoms with Crippen LogP contribution in [0.3, 0.4) is 0 Å². The van der Waals surface area contributed by atoms with Crippen molar-refractivity contribution in [2.24, 2.45) is 5.73 Å². The molecular formula is C12H17ClN2O. The monoisotopic (exact) mass is 240 g/mol. The first-order valence-corrected chi connectivity index (χ1v) is 6.19. The molecule has 0 radical (unpaired) electrons. The molecule has 0 aliphatic heterocycles. The van der Waals surface area contributed by atoms with E-state index in [4.69, 9.17) is 22.1 Å². The van der Waals surface area contributed by atoms with Crippen LogP contribution < -0.4 is 10.5 Å². The lowest BCUT2D eigenvalue weighted by Gasteiger charge is -2.23. The molecular weight excluding hydrogens is 224 g/mol. The van der Waals surface area contributed by atoms with Gasteiger partial charge in [0, 0.05) is 12.7 Å². The van der Waals surface area contributed by atoms with E-state index in [1.807, 2.05) is 6.07 Å². The van der Waals surface area contributed by atoms with Gasteiger partial charge in [-0.1, -0.05) is 18.0 Å². The smallest absolute Gasteiger partial charge is 0.233 e. The number of aromatic nitrogens is 1. The van der Waals surface area contributed by atoms with Crippen molar-refractivity contribution >= 4 is 11.6 Å². The molecule has 1 aromatic heterocycles. The zero-order valence-corrected chi connectivity index (χ0v) is 10.0. The highest BCUT2D eigenvalue weighted by Crippen LogP contribution is 2.29. The molecule has 1 fully saturated rings. The topological polar surface area (TPSA) is 48.1 Å². The maximum absolute atomic E-state index is 6.16. The number of nitrogens with two attached hydrogens (primary N) is 1. The number of rotatable bonds is 3. The van der Waals surface area contributed by atoms with Gasteiger partial charge in [-0.25, -0.2) is 4.98 Å². The van der Waals surface area contributed by atoms with Crippen LogP contribution in [0.25, 0.3) is 0 Å². The van der Waals surface area contributed by atoms with Crippen molar-refractivity contribution in [3.05, 3.63) is 22.8 Å². The van der Waals surface area contributed by atoms with E-state index >= 15 is 0 Å². The molecule has 0 spiro atoms. The third-order valence-electron chi connectivity index (χ3n) is 2.99. The summed E-state index contributed by atoms with van der Waals surface area (Å²) in [6.45, 7) is 0.419. The fraction of sp³-hybridized carbons (Fsp3) is 0.583. The number of nitrogens with zero attached hydrogens (tertiary/aromatic N) is 1. The van der Waals surface area contributed by atoms with E-state index in [0.717, 1.165) is 18.4 Å². The van der Waals surface area contributed by atoms with Crippen LogP contribution in [0, 0.1) is 0 Å². The Kier molecular flexibility index (Phi) is 4.02. The quantitative estimate of drug-likeness (QED) is 0.884. The molecule has 2 rings (SSSR count). The zero-order valence-electron chi connectivity index (χ0n) is 9.29. The SMILES string of the molecule is NCc1ccnc(OC2CCCCC2)c1Cl. The van der Waals surface area contributed by atoms with E-state index in [1.165, 1.54) is 19.3 Å². The van der Waals surface area contributed by atoms with Gasteiger partial charge < -0.3 is 10.5 Å². The second-order valence-corrected chi connectivity index (χ2v) is 4.55. The predicted octanol–water partition coefficient (Wildman–Crippen LogP) is 2.91. The summed E-state index contributed by atoms with van der Waals surface area (Å²) >= 11 is 6.16. The average molecular weight is 241 g/mol. The molecule has 3 nitrogen and oxygen atoms in total. The lowest BCUT2D eigenvalue weighted by atomic mass is 9.98. The lowest BCUT2D eigenvalue weighted by Crippen LogP contribution is -2.20. The van der Waals surface area contributed by atoms with Gasteiger partial charge in [0.15, 0.2) is 0 Å². The van der Waals surface area contributed by atoms with Crippen molar-refractivity contribution in [1.82, 2.24) is 4.98 Å². The Hall–Kier alpha value is -0.800. The maximum atomic E-state index is 6.16. The third-order valence-corrected chi connectivity index (χ3v) is 3.39. The van der Waals surface area contributed by atoms with Crippen molar-refractivity contribution in [2.45, 2.75) is 44.8 Å². The van der Waals surface area contributed by atoms with Crippen LogP contribution in [-0.2, 0) is 6.54 Å². The molecule has 1 aliphatic carbocycles. The minimum atomic E-state index is 0.270. The molecule has 1 saturated carbocycles. The van der Waals surface area contributed by atoms with Crippen molar-refractivity contribution in [3.8, 4) is 5.88 Å². The minimum absolute atomic E-state index is 0.270. The van der Waals surface area contributed by atoms with Crippen LogP contribution in [0.2, 0.25) is 5.02 Å². The highest BCUT2D eigenvalue weighted by atomic mass is 35.5. The summed E-state index contributed by atoms with van der Waals surface area (Å²) in [5.41, 5.74) is 6.48. The first-order valence-electron chi connectivity index (χ1n) is 5.81.